The summed E-state index contributed by atoms with van der Waals surface area (Å²) in [5.74, 6) is -0.0959. The fourth-order valence-corrected chi connectivity index (χ4v) is 5.95. The van der Waals surface area contributed by atoms with Crippen molar-refractivity contribution in [2.75, 3.05) is 23.7 Å². The maximum Gasteiger partial charge on any atom is 0.268 e. The summed E-state index contributed by atoms with van der Waals surface area (Å²) in [7, 11) is 0. The minimum atomic E-state index is -0.676. The highest BCUT2D eigenvalue weighted by Crippen LogP contribution is 2.51. The van der Waals surface area contributed by atoms with Gasteiger partial charge in [-0.25, -0.2) is 4.98 Å². The van der Waals surface area contributed by atoms with Crippen LogP contribution in [0.15, 0.2) is 40.4 Å². The van der Waals surface area contributed by atoms with Gasteiger partial charge in [-0.1, -0.05) is 67.4 Å². The first-order valence-corrected chi connectivity index (χ1v) is 12.9. The van der Waals surface area contributed by atoms with Gasteiger partial charge in [0.25, 0.3) is 5.91 Å². The fourth-order valence-electron chi connectivity index (χ4n) is 5.46. The second-order valence-electron chi connectivity index (χ2n) is 9.08. The van der Waals surface area contributed by atoms with Crippen molar-refractivity contribution in [1.29, 1.82) is 0 Å². The van der Waals surface area contributed by atoms with Crippen LogP contribution in [0, 0.1) is 5.41 Å². The molecule has 2 aliphatic carbocycles. The summed E-state index contributed by atoms with van der Waals surface area (Å²) < 4.78 is 0. The Morgan fingerprint density at radius 2 is 1.83 bits per heavy atom. The summed E-state index contributed by atoms with van der Waals surface area (Å²) in [6.07, 6.45) is 5.87. The molecule has 9 heteroatoms. The van der Waals surface area contributed by atoms with Crippen molar-refractivity contribution < 1.29 is 4.79 Å². The number of primary amides is 1. The number of benzene rings is 1. The summed E-state index contributed by atoms with van der Waals surface area (Å²) in [5, 5.41) is 0.773. The number of halogens is 2. The van der Waals surface area contributed by atoms with Crippen LogP contribution in [0.5, 0.6) is 0 Å². The van der Waals surface area contributed by atoms with E-state index >= 15 is 0 Å². The Bertz CT molecular complexity index is 1200. The molecule has 0 radical (unpaired) electrons. The molecule has 1 aliphatic heterocycles. The molecular weight excluding hydrogens is 483 g/mol. The van der Waals surface area contributed by atoms with E-state index in [4.69, 9.17) is 40.4 Å². The van der Waals surface area contributed by atoms with Crippen LogP contribution in [-0.4, -0.2) is 29.0 Å². The highest BCUT2D eigenvalue weighted by atomic mass is 35.5. The van der Waals surface area contributed by atoms with E-state index in [-0.39, 0.29) is 23.0 Å². The van der Waals surface area contributed by atoms with Gasteiger partial charge in [-0.15, -0.1) is 0 Å². The van der Waals surface area contributed by atoms with Crippen molar-refractivity contribution in [3.8, 4) is 0 Å². The maximum atomic E-state index is 12.3. The first-order valence-electron chi connectivity index (χ1n) is 12.1. The van der Waals surface area contributed by atoms with E-state index < -0.39 is 5.91 Å². The van der Waals surface area contributed by atoms with Gasteiger partial charge in [0.2, 0.25) is 5.95 Å². The van der Waals surface area contributed by atoms with Gasteiger partial charge in [0.05, 0.1) is 15.6 Å². The number of nitrogens with zero attached hydrogens (tertiary/aromatic N) is 3. The largest absolute Gasteiger partial charge is 0.383 e. The van der Waals surface area contributed by atoms with E-state index in [9.17, 15) is 4.79 Å². The number of fused-ring (bicyclic) bond motifs is 1. The van der Waals surface area contributed by atoms with Crippen molar-refractivity contribution in [2.45, 2.75) is 52.0 Å². The standard InChI is InChI=1S/C24H26Cl2N6O.C2H6/c25-16-7-3-6-15(18(16)26)17-19(22(29)33)30-23(31-21(17)28)32-10-8-24(9-11-32)12-13-4-1-2-5-14(13)20(24)27;1-2/h1-2,4-5,7,20H,3,6,8-12,27H2,(H2,29,33)(H2,28,30,31);1-2H3/t20-;/m1./s1. The van der Waals surface area contributed by atoms with Crippen LogP contribution in [0.3, 0.4) is 0 Å². The molecule has 1 aromatic carbocycles. The van der Waals surface area contributed by atoms with Crippen LogP contribution in [-0.2, 0) is 6.42 Å². The average Bonchev–Trinajstić information content (AvgIpc) is 3.13. The van der Waals surface area contributed by atoms with Crippen LogP contribution >= 0.6 is 23.2 Å². The quantitative estimate of drug-likeness (QED) is 0.535. The van der Waals surface area contributed by atoms with Gasteiger partial charge in [0, 0.05) is 19.1 Å². The highest BCUT2D eigenvalue weighted by Gasteiger charge is 2.46. The Balaban J connectivity index is 0.00000141. The molecule has 1 fully saturated rings. The van der Waals surface area contributed by atoms with E-state index in [0.717, 1.165) is 32.4 Å². The number of carbonyl (C=O) groups is 1. The van der Waals surface area contributed by atoms with Crippen LogP contribution in [0.25, 0.3) is 5.57 Å². The van der Waals surface area contributed by atoms with Crippen LogP contribution in [0.4, 0.5) is 11.8 Å². The van der Waals surface area contributed by atoms with Crippen molar-refractivity contribution in [2.24, 2.45) is 16.9 Å². The Morgan fingerprint density at radius 1 is 1.14 bits per heavy atom. The molecule has 0 saturated carbocycles. The zero-order valence-corrected chi connectivity index (χ0v) is 21.7. The molecular formula is C26H32Cl2N6O. The van der Waals surface area contributed by atoms with E-state index in [2.05, 4.69) is 33.1 Å². The molecule has 186 valence electrons. The van der Waals surface area contributed by atoms with Gasteiger partial charge < -0.3 is 22.1 Å². The Labute approximate surface area is 216 Å². The van der Waals surface area contributed by atoms with Gasteiger partial charge in [-0.2, -0.15) is 4.98 Å². The number of anilines is 2. The Morgan fingerprint density at radius 3 is 2.49 bits per heavy atom. The molecule has 1 aromatic heterocycles. The lowest BCUT2D eigenvalue weighted by molar-refractivity contribution is 0.0995. The number of hydrogen-bond donors (Lipinski definition) is 3. The molecule has 1 spiro atoms. The van der Waals surface area contributed by atoms with Crippen molar-refractivity contribution in [1.82, 2.24) is 9.97 Å². The lowest BCUT2D eigenvalue weighted by Gasteiger charge is -2.42. The number of nitrogens with two attached hydrogens (primary N) is 3. The number of nitrogen functional groups attached to an aromatic ring is 1. The number of hydrogen-bond acceptors (Lipinski definition) is 6. The predicted octanol–water partition coefficient (Wildman–Crippen LogP) is 4.89. The lowest BCUT2D eigenvalue weighted by atomic mass is 9.73. The van der Waals surface area contributed by atoms with Crippen molar-refractivity contribution in [3.05, 3.63) is 62.8 Å². The molecule has 0 unspecified atom stereocenters. The normalized spacial score (nSPS) is 20.8. The molecule has 2 heterocycles. The predicted molar refractivity (Wildman–Crippen MR) is 143 cm³/mol. The molecule has 7 nitrogen and oxygen atoms in total. The minimum absolute atomic E-state index is 0.0172. The SMILES string of the molecule is CC.NC(=O)c1nc(N2CCC3(CC2)Cc2ccccc2[C@H]3N)nc(N)c1C1=C(Cl)C(Cl)=CCC1. The van der Waals surface area contributed by atoms with Crippen molar-refractivity contribution >= 4 is 46.4 Å². The molecule has 1 saturated heterocycles. The second-order valence-corrected chi connectivity index (χ2v) is 9.87. The lowest BCUT2D eigenvalue weighted by Crippen LogP contribution is -2.45. The first-order chi connectivity index (χ1) is 16.8. The van der Waals surface area contributed by atoms with Gasteiger partial charge in [-0.3, -0.25) is 4.79 Å². The number of amides is 1. The smallest absolute Gasteiger partial charge is 0.268 e. The van der Waals surface area contributed by atoms with Gasteiger partial charge in [0.1, 0.15) is 11.5 Å². The average molecular weight is 515 g/mol. The minimum Gasteiger partial charge on any atom is -0.383 e. The number of aromatic nitrogens is 2. The van der Waals surface area contributed by atoms with Crippen LogP contribution < -0.4 is 22.1 Å². The summed E-state index contributed by atoms with van der Waals surface area (Å²) in [4.78, 5) is 23.5. The molecule has 6 N–H and O–H groups in total. The van der Waals surface area contributed by atoms with Gasteiger partial charge in [0.15, 0.2) is 0 Å². The number of piperidine rings is 1. The van der Waals surface area contributed by atoms with Crippen LogP contribution in [0.1, 0.15) is 72.8 Å². The zero-order valence-electron chi connectivity index (χ0n) is 20.2. The second kappa shape index (κ2) is 10.2. The van der Waals surface area contributed by atoms with E-state index in [1.165, 1.54) is 11.1 Å². The van der Waals surface area contributed by atoms with Gasteiger partial charge in [-0.05, 0) is 54.2 Å². The highest BCUT2D eigenvalue weighted by molar-refractivity contribution is 6.46. The number of rotatable bonds is 3. The number of allylic oxidation sites excluding steroid dienone is 4. The van der Waals surface area contributed by atoms with Crippen molar-refractivity contribution in [3.63, 3.8) is 0 Å². The summed E-state index contributed by atoms with van der Waals surface area (Å²) >= 11 is 12.6. The van der Waals surface area contributed by atoms with E-state index in [1.54, 1.807) is 0 Å². The van der Waals surface area contributed by atoms with Gasteiger partial charge >= 0.3 is 0 Å². The molecule has 2 aromatic rings. The molecule has 3 aliphatic rings. The van der Waals surface area contributed by atoms with E-state index in [0.29, 0.717) is 40.0 Å². The Kier molecular flexibility index (Phi) is 7.40. The molecule has 1 atom stereocenters. The molecule has 0 bridgehead atoms. The topological polar surface area (TPSA) is 124 Å². The first kappa shape index (κ1) is 25.5. The maximum absolute atomic E-state index is 12.3. The molecule has 35 heavy (non-hydrogen) atoms. The summed E-state index contributed by atoms with van der Waals surface area (Å²) in [6.45, 7) is 5.44. The zero-order chi connectivity index (χ0) is 25.3. The molecule has 5 rings (SSSR count). The Hall–Kier alpha value is -2.61. The molecule has 1 amide bonds. The summed E-state index contributed by atoms with van der Waals surface area (Å²) in [6, 6.07) is 8.44. The number of carbonyl (C=O) groups excluding carboxylic acids is 1. The third-order valence-corrected chi connectivity index (χ3v) is 8.16. The van der Waals surface area contributed by atoms with Crippen LogP contribution in [0.2, 0.25) is 0 Å². The third kappa shape index (κ3) is 4.53. The van der Waals surface area contributed by atoms with E-state index in [1.807, 2.05) is 26.0 Å². The fraction of sp³-hybridized carbons (Fsp3) is 0.423. The summed E-state index contributed by atoms with van der Waals surface area (Å²) in [5.41, 5.74) is 22.4. The monoisotopic (exact) mass is 514 g/mol. The third-order valence-electron chi connectivity index (χ3n) is 7.29.